The Hall–Kier alpha value is 0.730. The maximum absolute atomic E-state index is 12.5. The lowest BCUT2D eigenvalue weighted by Crippen LogP contribution is -2.32. The van der Waals surface area contributed by atoms with Gasteiger partial charge in [-0.15, -0.1) is 0 Å². The van der Waals surface area contributed by atoms with Crippen LogP contribution in [0.4, 0.5) is 13.2 Å². The van der Waals surface area contributed by atoms with Crippen LogP contribution in [0.1, 0.15) is 34.6 Å². The summed E-state index contributed by atoms with van der Waals surface area (Å²) < 4.78 is 70.9. The van der Waals surface area contributed by atoms with E-state index in [1.807, 2.05) is 13.8 Å². The molecule has 2 unspecified atom stereocenters. The number of alkyl halides is 3. The van der Waals surface area contributed by atoms with Gasteiger partial charge in [0, 0.05) is 10.5 Å². The van der Waals surface area contributed by atoms with E-state index in [1.54, 1.807) is 34.1 Å². The molecule has 174 valence electrons. The van der Waals surface area contributed by atoms with Crippen molar-refractivity contribution in [2.75, 3.05) is 26.7 Å². The standard InChI is InChI=1S/C8H14F3O2PS2.C8H17O2PS2/c1-5(2)16-7(15)13-6(8(9,10)11)14(3,4)12;1-6(2)13-8(12)10-7(3)11(4,5)9/h5-6H,1-4H3;6-7H,1-5H3. The molecule has 0 heterocycles. The van der Waals surface area contributed by atoms with E-state index in [0.29, 0.717) is 9.63 Å². The van der Waals surface area contributed by atoms with Crippen LogP contribution in [0.3, 0.4) is 0 Å². The fourth-order valence-corrected chi connectivity index (χ4v) is 5.57. The summed E-state index contributed by atoms with van der Waals surface area (Å²) in [5.74, 6) is -2.58. The average molecular weight is 535 g/mol. The third-order valence-corrected chi connectivity index (χ3v) is 8.53. The molecule has 0 saturated carbocycles. The number of ether oxygens (including phenoxy) is 2. The largest absolute Gasteiger partial charge is 0.468 e. The van der Waals surface area contributed by atoms with Crippen molar-refractivity contribution in [3.63, 3.8) is 0 Å². The zero-order valence-electron chi connectivity index (χ0n) is 18.1. The first-order valence-corrected chi connectivity index (χ1v) is 16.5. The highest BCUT2D eigenvalue weighted by atomic mass is 32.2. The molecular formula is C16H31F3O4P2S4. The molecule has 0 fully saturated rings. The Bertz CT molecular complexity index is 630. The maximum Gasteiger partial charge on any atom is 0.432 e. The molecule has 2 atom stereocenters. The van der Waals surface area contributed by atoms with Crippen molar-refractivity contribution in [2.45, 2.75) is 63.0 Å². The van der Waals surface area contributed by atoms with Crippen LogP contribution in [-0.2, 0) is 18.6 Å². The number of thioether (sulfide) groups is 2. The molecular weight excluding hydrogens is 503 g/mol. The minimum Gasteiger partial charge on any atom is -0.468 e. The summed E-state index contributed by atoms with van der Waals surface area (Å²) in [4.78, 5) is 0. The SMILES string of the molecule is CC(C)SC(=S)OC(C(F)(F)F)P(C)(C)=O.CC(C)SC(=S)OC(C)P(C)(C)=O. The van der Waals surface area contributed by atoms with Crippen molar-refractivity contribution >= 4 is 71.0 Å². The topological polar surface area (TPSA) is 52.6 Å². The van der Waals surface area contributed by atoms with Gasteiger partial charge in [-0.25, -0.2) is 0 Å². The van der Waals surface area contributed by atoms with Gasteiger partial charge in [0.1, 0.15) is 20.1 Å². The minimum atomic E-state index is -4.67. The van der Waals surface area contributed by atoms with Gasteiger partial charge >= 0.3 is 6.18 Å². The molecule has 0 amide bonds. The lowest BCUT2D eigenvalue weighted by atomic mass is 10.6. The normalized spacial score (nSPS) is 14.7. The molecule has 4 nitrogen and oxygen atoms in total. The summed E-state index contributed by atoms with van der Waals surface area (Å²) >= 11 is 12.1. The van der Waals surface area contributed by atoms with Crippen LogP contribution < -0.4 is 0 Å². The predicted molar refractivity (Wildman–Crippen MR) is 131 cm³/mol. The molecule has 0 aliphatic carbocycles. The minimum absolute atomic E-state index is 0.0227. The van der Waals surface area contributed by atoms with E-state index >= 15 is 0 Å². The van der Waals surface area contributed by atoms with Crippen molar-refractivity contribution in [3.05, 3.63) is 0 Å². The van der Waals surface area contributed by atoms with Crippen LogP contribution in [0, 0.1) is 0 Å². The third-order valence-electron chi connectivity index (χ3n) is 2.86. The second kappa shape index (κ2) is 13.3. The molecule has 29 heavy (non-hydrogen) atoms. The molecule has 0 aliphatic rings. The van der Waals surface area contributed by atoms with E-state index in [4.69, 9.17) is 17.0 Å². The van der Waals surface area contributed by atoms with Gasteiger partial charge in [-0.1, -0.05) is 51.2 Å². The second-order valence-electron chi connectivity index (χ2n) is 7.43. The molecule has 0 N–H and O–H groups in total. The molecule has 13 heteroatoms. The zero-order chi connectivity index (χ0) is 23.8. The van der Waals surface area contributed by atoms with Gasteiger partial charge in [0.2, 0.25) is 14.6 Å². The average Bonchev–Trinajstić information content (AvgIpc) is 2.40. The number of rotatable bonds is 6. The smallest absolute Gasteiger partial charge is 0.432 e. The Morgan fingerprint density at radius 1 is 0.793 bits per heavy atom. The molecule has 0 saturated heterocycles. The Labute approximate surface area is 191 Å². The Balaban J connectivity index is 0. The molecule has 0 aliphatic heterocycles. The third kappa shape index (κ3) is 17.0. The van der Waals surface area contributed by atoms with E-state index in [-0.39, 0.29) is 15.5 Å². The highest BCUT2D eigenvalue weighted by molar-refractivity contribution is 8.23. The summed E-state index contributed by atoms with van der Waals surface area (Å²) in [6.45, 7) is 14.9. The van der Waals surface area contributed by atoms with Crippen LogP contribution in [0.2, 0.25) is 0 Å². The summed E-state index contributed by atoms with van der Waals surface area (Å²) in [5.41, 5.74) is 0. The zero-order valence-corrected chi connectivity index (χ0v) is 23.2. The van der Waals surface area contributed by atoms with Crippen molar-refractivity contribution in [2.24, 2.45) is 0 Å². The van der Waals surface area contributed by atoms with E-state index in [2.05, 4.69) is 17.0 Å². The van der Waals surface area contributed by atoms with Gasteiger partial charge in [-0.05, 0) is 58.0 Å². The van der Waals surface area contributed by atoms with Crippen molar-refractivity contribution in [3.8, 4) is 0 Å². The van der Waals surface area contributed by atoms with E-state index < -0.39 is 26.3 Å². The van der Waals surface area contributed by atoms with Crippen LogP contribution in [0.15, 0.2) is 0 Å². The highest BCUT2D eigenvalue weighted by Gasteiger charge is 2.49. The van der Waals surface area contributed by atoms with Gasteiger partial charge in [-0.3, -0.25) is 0 Å². The van der Waals surface area contributed by atoms with Crippen molar-refractivity contribution < 1.29 is 31.8 Å². The van der Waals surface area contributed by atoms with E-state index in [9.17, 15) is 22.3 Å². The molecule has 0 aromatic rings. The fraction of sp³-hybridized carbons (Fsp3) is 0.875. The molecule has 0 radical (unpaired) electrons. The van der Waals surface area contributed by atoms with Crippen LogP contribution >= 0.6 is 62.2 Å². The monoisotopic (exact) mass is 534 g/mol. The number of halogens is 3. The predicted octanol–water partition coefficient (Wildman–Crippen LogP) is 7.34. The van der Waals surface area contributed by atoms with Gasteiger partial charge < -0.3 is 18.6 Å². The quantitative estimate of drug-likeness (QED) is 0.259. The van der Waals surface area contributed by atoms with Crippen LogP contribution in [-0.4, -0.2) is 63.8 Å². The maximum atomic E-state index is 12.5. The Morgan fingerprint density at radius 2 is 1.14 bits per heavy atom. The lowest BCUT2D eigenvalue weighted by Gasteiger charge is -2.25. The van der Waals surface area contributed by atoms with Crippen molar-refractivity contribution in [1.82, 2.24) is 0 Å². The highest BCUT2D eigenvalue weighted by Crippen LogP contribution is 2.51. The van der Waals surface area contributed by atoms with Gasteiger partial charge in [0.25, 0.3) is 0 Å². The summed E-state index contributed by atoms with van der Waals surface area (Å²) in [6.07, 6.45) is -4.67. The van der Waals surface area contributed by atoms with Gasteiger partial charge in [0.05, 0.1) is 0 Å². The molecule has 0 bridgehead atoms. The Kier molecular flexibility index (Phi) is 14.7. The summed E-state index contributed by atoms with van der Waals surface area (Å²) in [7, 11) is -5.62. The molecule has 0 aromatic heterocycles. The second-order valence-corrected chi connectivity index (χ2v) is 18.7. The first kappa shape index (κ1) is 31.9. The number of thiocarbonyl (C=S) groups is 2. The Morgan fingerprint density at radius 3 is 1.38 bits per heavy atom. The van der Waals surface area contributed by atoms with E-state index in [0.717, 1.165) is 25.1 Å². The molecule has 0 aromatic carbocycles. The van der Waals surface area contributed by atoms with Crippen molar-refractivity contribution in [1.29, 1.82) is 0 Å². The number of hydrogen-bond acceptors (Lipinski definition) is 8. The van der Waals surface area contributed by atoms with E-state index in [1.165, 1.54) is 11.8 Å². The summed E-state index contributed by atoms with van der Waals surface area (Å²) in [6, 6.07) is 0. The number of hydrogen-bond donors (Lipinski definition) is 0. The first-order valence-electron chi connectivity index (χ1n) is 8.58. The fourth-order valence-electron chi connectivity index (χ4n) is 1.34. The van der Waals surface area contributed by atoms with Crippen LogP contribution in [0.5, 0.6) is 0 Å². The van der Waals surface area contributed by atoms with Gasteiger partial charge in [0.15, 0.2) is 0 Å². The summed E-state index contributed by atoms with van der Waals surface area (Å²) in [5, 5.41) is 0.433. The molecule has 0 spiro atoms. The van der Waals surface area contributed by atoms with Gasteiger partial charge in [-0.2, -0.15) is 13.2 Å². The molecule has 0 rings (SSSR count). The lowest BCUT2D eigenvalue weighted by molar-refractivity contribution is -0.171. The van der Waals surface area contributed by atoms with Crippen LogP contribution in [0.25, 0.3) is 0 Å². The first-order chi connectivity index (χ1) is 12.7.